The SMILES string of the molecule is O=Cc1ccc(OC2CCC2)c(OCCO)c1. The fourth-order valence-electron chi connectivity index (χ4n) is 1.63. The zero-order valence-corrected chi connectivity index (χ0v) is 9.59. The molecule has 4 nitrogen and oxygen atoms in total. The second-order valence-electron chi connectivity index (χ2n) is 4.07. The monoisotopic (exact) mass is 236 g/mol. The Balaban J connectivity index is 2.12. The molecule has 0 bridgehead atoms. The van der Waals surface area contributed by atoms with E-state index < -0.39 is 0 Å². The third-order valence-corrected chi connectivity index (χ3v) is 2.80. The molecule has 0 atom stereocenters. The molecule has 0 heterocycles. The number of rotatable bonds is 6. The van der Waals surface area contributed by atoms with E-state index in [4.69, 9.17) is 14.6 Å². The maximum absolute atomic E-state index is 10.7. The number of aldehydes is 1. The average Bonchev–Trinajstić information content (AvgIpc) is 2.31. The summed E-state index contributed by atoms with van der Waals surface area (Å²) in [6.45, 7) is 0.136. The molecule has 0 aliphatic heterocycles. The van der Waals surface area contributed by atoms with Crippen molar-refractivity contribution in [2.75, 3.05) is 13.2 Å². The van der Waals surface area contributed by atoms with E-state index in [9.17, 15) is 4.79 Å². The molecule has 1 aromatic carbocycles. The number of ether oxygens (including phenoxy) is 2. The van der Waals surface area contributed by atoms with Crippen LogP contribution in [-0.2, 0) is 0 Å². The number of aliphatic hydroxyl groups excluding tert-OH is 1. The Hall–Kier alpha value is -1.55. The van der Waals surface area contributed by atoms with Crippen molar-refractivity contribution in [3.8, 4) is 11.5 Å². The number of aliphatic hydroxyl groups is 1. The summed E-state index contributed by atoms with van der Waals surface area (Å²) in [4.78, 5) is 10.7. The van der Waals surface area contributed by atoms with Crippen LogP contribution in [0.25, 0.3) is 0 Å². The lowest BCUT2D eigenvalue weighted by atomic mass is 9.96. The van der Waals surface area contributed by atoms with Gasteiger partial charge in [-0.2, -0.15) is 0 Å². The van der Waals surface area contributed by atoms with Crippen LogP contribution >= 0.6 is 0 Å². The Morgan fingerprint density at radius 1 is 1.35 bits per heavy atom. The smallest absolute Gasteiger partial charge is 0.162 e. The molecular weight excluding hydrogens is 220 g/mol. The molecule has 0 spiro atoms. The molecule has 1 aliphatic carbocycles. The van der Waals surface area contributed by atoms with Crippen LogP contribution in [0.1, 0.15) is 29.6 Å². The lowest BCUT2D eigenvalue weighted by Crippen LogP contribution is -2.24. The Bertz CT molecular complexity index is 385. The molecule has 0 aromatic heterocycles. The Morgan fingerprint density at radius 3 is 2.76 bits per heavy atom. The summed E-state index contributed by atoms with van der Waals surface area (Å²) in [5, 5.41) is 8.75. The van der Waals surface area contributed by atoms with Gasteiger partial charge in [-0.15, -0.1) is 0 Å². The molecule has 4 heteroatoms. The molecule has 17 heavy (non-hydrogen) atoms. The molecule has 92 valence electrons. The summed E-state index contributed by atoms with van der Waals surface area (Å²) in [7, 11) is 0. The number of carbonyl (C=O) groups is 1. The lowest BCUT2D eigenvalue weighted by Gasteiger charge is -2.27. The first-order valence-electron chi connectivity index (χ1n) is 5.83. The highest BCUT2D eigenvalue weighted by Crippen LogP contribution is 2.32. The van der Waals surface area contributed by atoms with Crippen LogP contribution in [-0.4, -0.2) is 30.7 Å². The van der Waals surface area contributed by atoms with E-state index in [1.165, 1.54) is 6.42 Å². The van der Waals surface area contributed by atoms with Crippen LogP contribution in [0.4, 0.5) is 0 Å². The molecule has 1 saturated carbocycles. The molecule has 0 unspecified atom stereocenters. The van der Waals surface area contributed by atoms with Crippen molar-refractivity contribution in [3.63, 3.8) is 0 Å². The highest BCUT2D eigenvalue weighted by molar-refractivity contribution is 5.76. The number of benzene rings is 1. The van der Waals surface area contributed by atoms with E-state index in [2.05, 4.69) is 0 Å². The van der Waals surface area contributed by atoms with Crippen LogP contribution in [0.5, 0.6) is 11.5 Å². The fraction of sp³-hybridized carbons (Fsp3) is 0.462. The van der Waals surface area contributed by atoms with Crippen molar-refractivity contribution in [2.45, 2.75) is 25.4 Å². The quantitative estimate of drug-likeness (QED) is 0.765. The zero-order valence-electron chi connectivity index (χ0n) is 9.59. The molecule has 0 radical (unpaired) electrons. The number of hydrogen-bond donors (Lipinski definition) is 1. The molecule has 0 amide bonds. The summed E-state index contributed by atoms with van der Waals surface area (Å²) >= 11 is 0. The number of hydrogen-bond acceptors (Lipinski definition) is 4. The number of carbonyl (C=O) groups excluding carboxylic acids is 1. The largest absolute Gasteiger partial charge is 0.487 e. The minimum absolute atomic E-state index is 0.0613. The summed E-state index contributed by atoms with van der Waals surface area (Å²) in [5.41, 5.74) is 0.541. The van der Waals surface area contributed by atoms with Crippen LogP contribution in [0, 0.1) is 0 Å². The van der Waals surface area contributed by atoms with E-state index in [0.717, 1.165) is 19.1 Å². The van der Waals surface area contributed by atoms with Gasteiger partial charge < -0.3 is 14.6 Å². The molecular formula is C13H16O4. The van der Waals surface area contributed by atoms with Crippen molar-refractivity contribution in [3.05, 3.63) is 23.8 Å². The summed E-state index contributed by atoms with van der Waals surface area (Å²) in [5.74, 6) is 1.17. The Morgan fingerprint density at radius 2 is 2.18 bits per heavy atom. The third-order valence-electron chi connectivity index (χ3n) is 2.80. The standard InChI is InChI=1S/C13H16O4/c14-6-7-16-13-8-10(9-15)4-5-12(13)17-11-2-1-3-11/h4-5,8-9,11,14H,1-3,6-7H2. The van der Waals surface area contributed by atoms with Crippen molar-refractivity contribution < 1.29 is 19.4 Å². The van der Waals surface area contributed by atoms with Crippen molar-refractivity contribution in [2.24, 2.45) is 0 Å². The van der Waals surface area contributed by atoms with Crippen LogP contribution in [0.2, 0.25) is 0 Å². The molecule has 0 saturated heterocycles. The van der Waals surface area contributed by atoms with Crippen molar-refractivity contribution >= 4 is 6.29 Å². The Labute approximate surface area is 100 Å². The van der Waals surface area contributed by atoms with Crippen LogP contribution < -0.4 is 9.47 Å². The topological polar surface area (TPSA) is 55.8 Å². The van der Waals surface area contributed by atoms with Gasteiger partial charge in [-0.05, 0) is 37.5 Å². The minimum atomic E-state index is -0.0613. The zero-order chi connectivity index (χ0) is 12.1. The van der Waals surface area contributed by atoms with Gasteiger partial charge in [0, 0.05) is 5.56 Å². The molecule has 1 fully saturated rings. The van der Waals surface area contributed by atoms with Crippen molar-refractivity contribution in [1.82, 2.24) is 0 Å². The maximum Gasteiger partial charge on any atom is 0.162 e. The molecule has 1 aromatic rings. The van der Waals surface area contributed by atoms with Gasteiger partial charge in [-0.1, -0.05) is 0 Å². The van der Waals surface area contributed by atoms with E-state index in [-0.39, 0.29) is 19.3 Å². The maximum atomic E-state index is 10.7. The fourth-order valence-corrected chi connectivity index (χ4v) is 1.63. The first kappa shape index (κ1) is 11.9. The van der Waals surface area contributed by atoms with Gasteiger partial charge in [0.25, 0.3) is 0 Å². The van der Waals surface area contributed by atoms with Gasteiger partial charge in [0.2, 0.25) is 0 Å². The lowest BCUT2D eigenvalue weighted by molar-refractivity contribution is 0.111. The molecule has 1 aliphatic rings. The summed E-state index contributed by atoms with van der Waals surface area (Å²) in [6, 6.07) is 5.08. The molecule has 2 rings (SSSR count). The third kappa shape index (κ3) is 2.97. The first-order valence-corrected chi connectivity index (χ1v) is 5.83. The van der Waals surface area contributed by atoms with Crippen LogP contribution in [0.15, 0.2) is 18.2 Å². The second kappa shape index (κ2) is 5.68. The molecule has 1 N–H and O–H groups in total. The predicted octanol–water partition coefficient (Wildman–Crippen LogP) is 1.80. The van der Waals surface area contributed by atoms with Crippen molar-refractivity contribution in [1.29, 1.82) is 0 Å². The van der Waals surface area contributed by atoms with E-state index >= 15 is 0 Å². The minimum Gasteiger partial charge on any atom is -0.487 e. The second-order valence-corrected chi connectivity index (χ2v) is 4.07. The van der Waals surface area contributed by atoms with Crippen LogP contribution in [0.3, 0.4) is 0 Å². The van der Waals surface area contributed by atoms with Gasteiger partial charge in [-0.3, -0.25) is 4.79 Å². The van der Waals surface area contributed by atoms with Gasteiger partial charge in [0.15, 0.2) is 11.5 Å². The van der Waals surface area contributed by atoms with E-state index in [1.807, 2.05) is 0 Å². The Kier molecular flexibility index (Phi) is 3.98. The highest BCUT2D eigenvalue weighted by atomic mass is 16.5. The van der Waals surface area contributed by atoms with E-state index in [0.29, 0.717) is 17.1 Å². The summed E-state index contributed by atoms with van der Waals surface area (Å²) in [6.07, 6.45) is 4.35. The van der Waals surface area contributed by atoms with E-state index in [1.54, 1.807) is 18.2 Å². The predicted molar refractivity (Wildman–Crippen MR) is 62.7 cm³/mol. The van der Waals surface area contributed by atoms with Gasteiger partial charge >= 0.3 is 0 Å². The van der Waals surface area contributed by atoms with Gasteiger partial charge in [-0.25, -0.2) is 0 Å². The van der Waals surface area contributed by atoms with Gasteiger partial charge in [0.05, 0.1) is 12.7 Å². The summed E-state index contributed by atoms with van der Waals surface area (Å²) < 4.78 is 11.1. The highest BCUT2D eigenvalue weighted by Gasteiger charge is 2.20. The van der Waals surface area contributed by atoms with Gasteiger partial charge in [0.1, 0.15) is 12.9 Å². The average molecular weight is 236 g/mol. The first-order chi connectivity index (χ1) is 8.33. The normalized spacial score (nSPS) is 15.1.